The minimum absolute atomic E-state index is 0.440. The molecule has 1 heterocycles. The number of hydrogen-bond acceptors (Lipinski definition) is 5. The van der Waals surface area contributed by atoms with E-state index < -0.39 is 10.0 Å². The van der Waals surface area contributed by atoms with Crippen LogP contribution in [0.4, 0.5) is 5.69 Å². The van der Waals surface area contributed by atoms with Crippen molar-refractivity contribution in [3.05, 3.63) is 23.8 Å². The molecule has 2 rings (SSSR count). The van der Waals surface area contributed by atoms with Gasteiger partial charge in [-0.3, -0.25) is 9.71 Å². The fraction of sp³-hybridized carbons (Fsp3) is 0.417. The van der Waals surface area contributed by atoms with Gasteiger partial charge in [0, 0.05) is 13.0 Å². The number of aliphatic imine (C=N–C) groups is 1. The van der Waals surface area contributed by atoms with Crippen molar-refractivity contribution in [1.82, 2.24) is 5.32 Å². The molecule has 1 aromatic carbocycles. The van der Waals surface area contributed by atoms with Crippen molar-refractivity contribution < 1.29 is 13.2 Å². The van der Waals surface area contributed by atoms with E-state index in [0.717, 1.165) is 30.7 Å². The number of benzene rings is 1. The highest BCUT2D eigenvalue weighted by Crippen LogP contribution is 2.26. The highest BCUT2D eigenvalue weighted by molar-refractivity contribution is 7.92. The second kappa shape index (κ2) is 5.48. The van der Waals surface area contributed by atoms with Gasteiger partial charge in [0.15, 0.2) is 0 Å². The van der Waals surface area contributed by atoms with E-state index in [1.807, 2.05) is 12.1 Å². The third kappa shape index (κ3) is 3.85. The van der Waals surface area contributed by atoms with Gasteiger partial charge >= 0.3 is 0 Å². The normalized spacial score (nSPS) is 14.7. The number of methoxy groups -OCH3 is 1. The van der Waals surface area contributed by atoms with Crippen LogP contribution < -0.4 is 14.8 Å². The first-order valence-electron chi connectivity index (χ1n) is 5.90. The smallest absolute Gasteiger partial charge is 0.229 e. The van der Waals surface area contributed by atoms with E-state index in [1.54, 1.807) is 6.07 Å². The molecule has 0 bridgehead atoms. The SMILES string of the molecule is COc1cc(CC2=NCCN2)ccc1NS(C)(=O)=O. The van der Waals surface area contributed by atoms with Crippen LogP contribution in [0.3, 0.4) is 0 Å². The number of ether oxygens (including phenoxy) is 1. The molecular weight excluding hydrogens is 266 g/mol. The number of sulfonamides is 1. The molecule has 7 heteroatoms. The zero-order valence-electron chi connectivity index (χ0n) is 10.9. The van der Waals surface area contributed by atoms with Crippen LogP contribution in [0.15, 0.2) is 23.2 Å². The van der Waals surface area contributed by atoms with Gasteiger partial charge < -0.3 is 10.1 Å². The summed E-state index contributed by atoms with van der Waals surface area (Å²) >= 11 is 0. The number of hydrogen-bond donors (Lipinski definition) is 2. The summed E-state index contributed by atoms with van der Waals surface area (Å²) in [5.41, 5.74) is 1.46. The van der Waals surface area contributed by atoms with Gasteiger partial charge in [-0.2, -0.15) is 0 Å². The van der Waals surface area contributed by atoms with Crippen molar-refractivity contribution in [2.24, 2.45) is 4.99 Å². The number of nitrogens with one attached hydrogen (secondary N) is 2. The Balaban J connectivity index is 2.20. The quantitative estimate of drug-likeness (QED) is 0.830. The molecule has 0 radical (unpaired) electrons. The van der Waals surface area contributed by atoms with Gasteiger partial charge in [-0.1, -0.05) is 6.07 Å². The summed E-state index contributed by atoms with van der Waals surface area (Å²) in [6, 6.07) is 5.37. The number of nitrogens with zero attached hydrogens (tertiary/aromatic N) is 1. The Morgan fingerprint density at radius 2 is 2.26 bits per heavy atom. The lowest BCUT2D eigenvalue weighted by Crippen LogP contribution is -2.20. The largest absolute Gasteiger partial charge is 0.495 e. The molecule has 0 aromatic heterocycles. The zero-order chi connectivity index (χ0) is 13.9. The minimum Gasteiger partial charge on any atom is -0.495 e. The third-order valence-electron chi connectivity index (χ3n) is 2.68. The molecule has 0 saturated carbocycles. The predicted octanol–water partition coefficient (Wildman–Crippen LogP) is 0.611. The molecule has 1 aliphatic rings. The molecular formula is C12H17N3O3S. The van der Waals surface area contributed by atoms with E-state index in [2.05, 4.69) is 15.0 Å². The molecule has 0 saturated heterocycles. The molecule has 6 nitrogen and oxygen atoms in total. The van der Waals surface area contributed by atoms with Crippen molar-refractivity contribution >= 4 is 21.5 Å². The fourth-order valence-corrected chi connectivity index (χ4v) is 2.46. The number of rotatable bonds is 5. The first-order valence-corrected chi connectivity index (χ1v) is 7.79. The van der Waals surface area contributed by atoms with Crippen LogP contribution in [-0.2, 0) is 16.4 Å². The van der Waals surface area contributed by atoms with Crippen LogP contribution >= 0.6 is 0 Å². The number of anilines is 1. The maximum Gasteiger partial charge on any atom is 0.229 e. The Labute approximate surface area is 112 Å². The van der Waals surface area contributed by atoms with Gasteiger partial charge in [0.25, 0.3) is 0 Å². The Morgan fingerprint density at radius 3 is 2.84 bits per heavy atom. The van der Waals surface area contributed by atoms with E-state index in [4.69, 9.17) is 4.74 Å². The lowest BCUT2D eigenvalue weighted by molar-refractivity contribution is 0.416. The lowest BCUT2D eigenvalue weighted by atomic mass is 10.1. The van der Waals surface area contributed by atoms with Gasteiger partial charge in [-0.15, -0.1) is 0 Å². The van der Waals surface area contributed by atoms with Crippen LogP contribution in [0, 0.1) is 0 Å². The molecule has 19 heavy (non-hydrogen) atoms. The topological polar surface area (TPSA) is 79.8 Å². The van der Waals surface area contributed by atoms with E-state index in [1.165, 1.54) is 7.11 Å². The maximum absolute atomic E-state index is 11.2. The van der Waals surface area contributed by atoms with Crippen LogP contribution in [0.25, 0.3) is 0 Å². The highest BCUT2D eigenvalue weighted by Gasteiger charge is 2.11. The van der Waals surface area contributed by atoms with E-state index in [0.29, 0.717) is 17.9 Å². The van der Waals surface area contributed by atoms with Crippen molar-refractivity contribution in [3.63, 3.8) is 0 Å². The second-order valence-electron chi connectivity index (χ2n) is 4.34. The monoisotopic (exact) mass is 283 g/mol. The molecule has 0 amide bonds. The lowest BCUT2D eigenvalue weighted by Gasteiger charge is -2.11. The molecule has 0 unspecified atom stereocenters. The van der Waals surface area contributed by atoms with Crippen molar-refractivity contribution in [1.29, 1.82) is 0 Å². The standard InChI is InChI=1S/C12H17N3O3S/c1-18-11-7-9(8-12-13-5-6-14-12)3-4-10(11)15-19(2,16)17/h3-4,7,15H,5-6,8H2,1-2H3,(H,13,14). The summed E-state index contributed by atoms with van der Waals surface area (Å²) in [6.07, 6.45) is 1.80. The second-order valence-corrected chi connectivity index (χ2v) is 6.09. The summed E-state index contributed by atoms with van der Waals surface area (Å²) in [5.74, 6) is 1.45. The Bertz CT molecular complexity index is 596. The third-order valence-corrected chi connectivity index (χ3v) is 3.27. The van der Waals surface area contributed by atoms with E-state index >= 15 is 0 Å². The average molecular weight is 283 g/mol. The predicted molar refractivity (Wildman–Crippen MR) is 75.5 cm³/mol. The first kappa shape index (κ1) is 13.7. The summed E-state index contributed by atoms with van der Waals surface area (Å²) in [6.45, 7) is 1.68. The van der Waals surface area contributed by atoms with Gasteiger partial charge in [0.2, 0.25) is 10.0 Å². The van der Waals surface area contributed by atoms with Crippen LogP contribution in [0.1, 0.15) is 5.56 Å². The molecule has 1 aliphatic heterocycles. The number of amidine groups is 1. The fourth-order valence-electron chi connectivity index (χ4n) is 1.89. The molecule has 2 N–H and O–H groups in total. The molecule has 0 atom stereocenters. The van der Waals surface area contributed by atoms with Crippen molar-refractivity contribution in [2.45, 2.75) is 6.42 Å². The highest BCUT2D eigenvalue weighted by atomic mass is 32.2. The Morgan fingerprint density at radius 1 is 1.47 bits per heavy atom. The maximum atomic E-state index is 11.2. The van der Waals surface area contributed by atoms with Gasteiger partial charge in [-0.05, 0) is 17.7 Å². The molecule has 104 valence electrons. The molecule has 0 spiro atoms. The summed E-state index contributed by atoms with van der Waals surface area (Å²) in [5, 5.41) is 3.19. The summed E-state index contributed by atoms with van der Waals surface area (Å²) < 4.78 is 30.1. The summed E-state index contributed by atoms with van der Waals surface area (Å²) in [7, 11) is -1.80. The molecule has 0 aliphatic carbocycles. The minimum atomic E-state index is -3.31. The van der Waals surface area contributed by atoms with E-state index in [-0.39, 0.29) is 0 Å². The summed E-state index contributed by atoms with van der Waals surface area (Å²) in [4.78, 5) is 4.32. The Kier molecular flexibility index (Phi) is 3.94. The van der Waals surface area contributed by atoms with Gasteiger partial charge in [0.05, 0.1) is 25.6 Å². The van der Waals surface area contributed by atoms with Crippen molar-refractivity contribution in [3.8, 4) is 5.75 Å². The Hall–Kier alpha value is -1.76. The van der Waals surface area contributed by atoms with E-state index in [9.17, 15) is 8.42 Å². The van der Waals surface area contributed by atoms with Gasteiger partial charge in [-0.25, -0.2) is 8.42 Å². The van der Waals surface area contributed by atoms with Gasteiger partial charge in [0.1, 0.15) is 11.6 Å². The first-order chi connectivity index (χ1) is 8.98. The molecule has 1 aromatic rings. The zero-order valence-corrected chi connectivity index (χ0v) is 11.8. The van der Waals surface area contributed by atoms with Crippen LogP contribution in [0.5, 0.6) is 5.75 Å². The molecule has 0 fully saturated rings. The van der Waals surface area contributed by atoms with Crippen molar-refractivity contribution in [2.75, 3.05) is 31.2 Å². The van der Waals surface area contributed by atoms with Crippen LogP contribution in [-0.4, -0.2) is 40.7 Å². The average Bonchev–Trinajstić information content (AvgIpc) is 2.82. The van der Waals surface area contributed by atoms with Crippen LogP contribution in [0.2, 0.25) is 0 Å².